The average molecular weight is 822 g/mol. The minimum Gasteiger partial charge on any atom is -0.460 e. The molecule has 2 aromatic rings. The van der Waals surface area contributed by atoms with Gasteiger partial charge in [0.25, 0.3) is 0 Å². The first-order valence-corrected chi connectivity index (χ1v) is 19.7. The Morgan fingerprint density at radius 1 is 0.959 bits per heavy atom. The largest absolute Gasteiger partial charge is 0.573 e. The van der Waals surface area contributed by atoms with Crippen molar-refractivity contribution in [3.05, 3.63) is 71.0 Å². The smallest absolute Gasteiger partial charge is 0.460 e. The zero-order chi connectivity index (χ0) is 34.6. The van der Waals surface area contributed by atoms with Gasteiger partial charge < -0.3 is 26.8 Å². The van der Waals surface area contributed by atoms with Crippen LogP contribution >= 0.6 is 21.1 Å². The van der Waals surface area contributed by atoms with E-state index in [4.69, 9.17) is 22.0 Å². The van der Waals surface area contributed by atoms with Gasteiger partial charge >= 0.3 is 12.3 Å². The first-order valence-electron chi connectivity index (χ1n) is 16.3. The van der Waals surface area contributed by atoms with Gasteiger partial charge in [-0.15, -0.1) is 13.2 Å². The number of carbonyl (C=O) groups excluding carboxylic acids is 1. The summed E-state index contributed by atoms with van der Waals surface area (Å²) in [5.74, 6) is 0.117. The van der Waals surface area contributed by atoms with Crippen LogP contribution in [0, 0.1) is 17.8 Å². The van der Waals surface area contributed by atoms with Crippen LogP contribution in [0.15, 0.2) is 64.8 Å². The van der Waals surface area contributed by atoms with E-state index in [1.807, 2.05) is 0 Å². The second-order valence-corrected chi connectivity index (χ2v) is 16.2. The molecular weight excluding hydrogens is 782 g/mol. The molecule has 2 unspecified atom stereocenters. The van der Waals surface area contributed by atoms with E-state index in [1.54, 1.807) is 31.4 Å². The summed E-state index contributed by atoms with van der Waals surface area (Å²) in [4.78, 5) is 12.7. The first kappa shape index (κ1) is 36.2. The molecule has 3 saturated carbocycles. The van der Waals surface area contributed by atoms with Gasteiger partial charge in [-0.1, -0.05) is 30.3 Å². The SMILES string of the molecule is COCCOCCOC(=O)c1ccccc1S(=O)(=O)NC1C2CCC1CC(OCC1=C(C3CC3)OI=C1c1ccccc1OC(F)(F)F)C2. The number of alkyl halides is 3. The number of sulfonamides is 1. The molecule has 1 aliphatic heterocycles. The van der Waals surface area contributed by atoms with Crippen LogP contribution in [0.3, 0.4) is 0 Å². The number of ether oxygens (including phenoxy) is 5. The molecule has 2 aromatic carbocycles. The highest BCUT2D eigenvalue weighted by Crippen LogP contribution is 2.48. The van der Waals surface area contributed by atoms with Crippen molar-refractivity contribution in [1.82, 2.24) is 4.72 Å². The number of para-hydroxylation sites is 1. The van der Waals surface area contributed by atoms with Crippen LogP contribution in [0.5, 0.6) is 5.75 Å². The van der Waals surface area contributed by atoms with E-state index in [-0.39, 0.29) is 65.9 Å². The number of esters is 1. The van der Waals surface area contributed by atoms with Crippen LogP contribution in [0.2, 0.25) is 0 Å². The van der Waals surface area contributed by atoms with Gasteiger partial charge in [-0.3, -0.25) is 0 Å². The van der Waals surface area contributed by atoms with Gasteiger partial charge in [0.1, 0.15) is 39.3 Å². The van der Waals surface area contributed by atoms with Crippen LogP contribution in [-0.4, -0.2) is 76.5 Å². The van der Waals surface area contributed by atoms with Gasteiger partial charge in [-0.25, -0.2) is 17.9 Å². The summed E-state index contributed by atoms with van der Waals surface area (Å²) in [7, 11) is -2.51. The maximum Gasteiger partial charge on any atom is 0.573 e. The Hall–Kier alpha value is -2.57. The molecule has 2 bridgehead atoms. The van der Waals surface area contributed by atoms with Crippen LogP contribution in [-0.2, 0) is 32.0 Å². The predicted octanol–water partition coefficient (Wildman–Crippen LogP) is 6.06. The standard InChI is InChI=1S/C34H39F3INO9S/c1-43-14-15-44-16-17-45-33(40)26-7-3-5-9-29(26)49(41,42)39-31-22-12-13-23(31)19-24(18-22)46-20-27-30(38-48-32(27)21-10-11-21)25-6-2-4-8-28(25)47-34(35,36)37/h2-9,21-24,31,39H,10-20H2,1H3. The van der Waals surface area contributed by atoms with Crippen LogP contribution in [0.1, 0.15) is 54.4 Å². The Labute approximate surface area is 294 Å². The quantitative estimate of drug-likeness (QED) is 0.123. The highest BCUT2D eigenvalue weighted by atomic mass is 127. The second-order valence-electron chi connectivity index (χ2n) is 12.5. The highest BCUT2D eigenvalue weighted by Gasteiger charge is 2.46. The third-order valence-corrected chi connectivity index (χ3v) is 13.0. The fourth-order valence-corrected chi connectivity index (χ4v) is 10.8. The Kier molecular flexibility index (Phi) is 11.7. The molecule has 0 spiro atoms. The molecule has 0 saturated heterocycles. The number of benzene rings is 2. The summed E-state index contributed by atoms with van der Waals surface area (Å²) < 4.78 is 103. The van der Waals surface area contributed by atoms with E-state index < -0.39 is 43.5 Å². The topological polar surface area (TPSA) is 119 Å². The van der Waals surface area contributed by atoms with Crippen molar-refractivity contribution in [3.63, 3.8) is 0 Å². The molecule has 2 atom stereocenters. The highest BCUT2D eigenvalue weighted by molar-refractivity contribution is 14.2. The second kappa shape index (κ2) is 15.8. The molecular formula is C34H39F3INO9S. The lowest BCUT2D eigenvalue weighted by atomic mass is 9.83. The lowest BCUT2D eigenvalue weighted by Crippen LogP contribution is -2.47. The average Bonchev–Trinajstić information content (AvgIpc) is 3.79. The molecule has 6 rings (SSSR count). The third kappa shape index (κ3) is 9.03. The fourth-order valence-electron chi connectivity index (χ4n) is 6.77. The summed E-state index contributed by atoms with van der Waals surface area (Å²) in [5, 5.41) is 0. The van der Waals surface area contributed by atoms with E-state index in [2.05, 4.69) is 9.46 Å². The number of halogens is 4. The monoisotopic (exact) mass is 821 g/mol. The van der Waals surface area contributed by atoms with E-state index in [0.717, 1.165) is 40.5 Å². The number of allylic oxidation sites excluding steroid dienone is 1. The summed E-state index contributed by atoms with van der Waals surface area (Å²) in [6, 6.07) is 11.8. The molecule has 0 aromatic heterocycles. The van der Waals surface area contributed by atoms with Gasteiger partial charge in [0, 0.05) is 30.2 Å². The molecule has 10 nitrogen and oxygen atoms in total. The van der Waals surface area contributed by atoms with E-state index >= 15 is 0 Å². The van der Waals surface area contributed by atoms with Gasteiger partial charge in [0.15, 0.2) is 0 Å². The Morgan fingerprint density at radius 2 is 1.65 bits per heavy atom. The Bertz CT molecular complexity index is 1660. The van der Waals surface area contributed by atoms with Crippen molar-refractivity contribution in [3.8, 4) is 5.75 Å². The first-order chi connectivity index (χ1) is 23.5. The Morgan fingerprint density at radius 3 is 2.37 bits per heavy atom. The molecule has 3 aliphatic carbocycles. The van der Waals surface area contributed by atoms with Crippen molar-refractivity contribution in [2.75, 3.05) is 40.1 Å². The number of methoxy groups -OCH3 is 1. The number of hydrogen-bond acceptors (Lipinski definition) is 9. The van der Waals surface area contributed by atoms with Gasteiger partial charge in [0.2, 0.25) is 10.0 Å². The van der Waals surface area contributed by atoms with Crippen LogP contribution in [0.25, 0.3) is 0 Å². The lowest BCUT2D eigenvalue weighted by molar-refractivity contribution is -0.274. The number of rotatable bonds is 16. The third-order valence-electron chi connectivity index (χ3n) is 9.16. The van der Waals surface area contributed by atoms with Crippen molar-refractivity contribution in [2.45, 2.75) is 61.9 Å². The molecule has 3 fully saturated rings. The number of carbonyl (C=O) groups is 1. The number of fused-ring (bicyclic) bond motifs is 2. The molecule has 0 radical (unpaired) electrons. The van der Waals surface area contributed by atoms with Crippen LogP contribution in [0.4, 0.5) is 13.2 Å². The molecule has 49 heavy (non-hydrogen) atoms. The molecule has 0 amide bonds. The number of hydrogen-bond donors (Lipinski definition) is 1. The van der Waals surface area contributed by atoms with E-state index in [1.165, 1.54) is 24.3 Å². The van der Waals surface area contributed by atoms with Crippen molar-refractivity contribution >= 4 is 40.6 Å². The maximum atomic E-state index is 13.7. The van der Waals surface area contributed by atoms with Crippen molar-refractivity contribution < 1.29 is 53.1 Å². The summed E-state index contributed by atoms with van der Waals surface area (Å²) in [5.41, 5.74) is 1.14. The molecule has 1 heterocycles. The summed E-state index contributed by atoms with van der Waals surface area (Å²) in [6.07, 6.45) is -0.127. The fraction of sp³-hybridized carbons (Fsp3) is 0.529. The van der Waals surface area contributed by atoms with Crippen molar-refractivity contribution in [1.29, 1.82) is 0 Å². The predicted molar refractivity (Wildman–Crippen MR) is 181 cm³/mol. The zero-order valence-electron chi connectivity index (χ0n) is 26.9. The van der Waals surface area contributed by atoms with Gasteiger partial charge in [-0.05, 0) is 68.6 Å². The molecule has 15 heteroatoms. The molecule has 4 aliphatic rings. The molecule has 268 valence electrons. The van der Waals surface area contributed by atoms with Gasteiger partial charge in [-0.2, -0.15) is 0 Å². The van der Waals surface area contributed by atoms with Gasteiger partial charge in [0.05, 0.1) is 46.5 Å². The zero-order valence-corrected chi connectivity index (χ0v) is 29.9. The summed E-state index contributed by atoms with van der Waals surface area (Å²) >= 11 is -1.04. The lowest BCUT2D eigenvalue weighted by Gasteiger charge is -2.35. The minimum atomic E-state index is -4.82. The normalized spacial score (nSPS) is 23.9. The Balaban J connectivity index is 1.09. The van der Waals surface area contributed by atoms with Crippen molar-refractivity contribution in [2.24, 2.45) is 17.8 Å². The number of nitrogens with one attached hydrogen (secondary N) is 1. The molecule has 1 N–H and O–H groups in total. The van der Waals surface area contributed by atoms with E-state index in [9.17, 15) is 26.4 Å². The summed E-state index contributed by atoms with van der Waals surface area (Å²) in [6.45, 7) is 1.09. The minimum absolute atomic E-state index is 0.0235. The maximum absolute atomic E-state index is 13.7. The van der Waals surface area contributed by atoms with Crippen LogP contribution < -0.4 is 9.46 Å². The van der Waals surface area contributed by atoms with E-state index in [0.29, 0.717) is 31.6 Å².